The van der Waals surface area contributed by atoms with Gasteiger partial charge in [0.1, 0.15) is 5.82 Å². The number of benzene rings is 1. The second kappa shape index (κ2) is 5.77. The minimum Gasteiger partial charge on any atom is -0.424 e. The Morgan fingerprint density at radius 2 is 2.08 bits per heavy atom. The lowest BCUT2D eigenvalue weighted by Crippen LogP contribution is -2.26. The maximum Gasteiger partial charge on any atom is 0.258 e. The third-order valence-corrected chi connectivity index (χ3v) is 5.06. The number of hydrogen-bond acceptors (Lipinski definition) is 6. The Bertz CT molecular complexity index is 975. The molecule has 1 aliphatic carbocycles. The summed E-state index contributed by atoms with van der Waals surface area (Å²) >= 11 is 0. The summed E-state index contributed by atoms with van der Waals surface area (Å²) in [7, 11) is 0. The fraction of sp³-hybridized carbons (Fsp3) is 0.444. The molecule has 0 radical (unpaired) electrons. The van der Waals surface area contributed by atoms with E-state index in [9.17, 15) is 4.79 Å². The van der Waals surface area contributed by atoms with E-state index in [0.29, 0.717) is 23.7 Å². The van der Waals surface area contributed by atoms with Crippen LogP contribution in [0.4, 0.5) is 0 Å². The fourth-order valence-corrected chi connectivity index (χ4v) is 3.59. The molecule has 1 aliphatic heterocycles. The van der Waals surface area contributed by atoms with Crippen molar-refractivity contribution < 1.29 is 4.42 Å². The Hall–Kier alpha value is -2.54. The number of fused-ring (bicyclic) bond motifs is 1. The standard InChI is InChI=1S/C18H19N5O2/c24-17-12-4-1-2-5-13(12)19-16(20-17)14-6-3-9-23(14)10-15-21-22-18(25-15)11-7-8-11/h1-2,4-5,11,14H,3,6-10H2,(H,19,20,24). The smallest absolute Gasteiger partial charge is 0.258 e. The molecule has 128 valence electrons. The van der Waals surface area contributed by atoms with Crippen LogP contribution in [-0.2, 0) is 6.54 Å². The Morgan fingerprint density at radius 3 is 2.96 bits per heavy atom. The number of para-hydroxylation sites is 1. The van der Waals surface area contributed by atoms with Crippen molar-refractivity contribution in [2.45, 2.75) is 44.2 Å². The highest BCUT2D eigenvalue weighted by atomic mass is 16.4. The maximum atomic E-state index is 12.4. The van der Waals surface area contributed by atoms with Crippen molar-refractivity contribution in [2.24, 2.45) is 0 Å². The molecular weight excluding hydrogens is 318 g/mol. The Balaban J connectivity index is 1.43. The van der Waals surface area contributed by atoms with Gasteiger partial charge in [-0.05, 0) is 44.4 Å². The van der Waals surface area contributed by atoms with E-state index in [1.807, 2.05) is 18.2 Å². The highest BCUT2D eigenvalue weighted by Crippen LogP contribution is 2.39. The molecule has 5 rings (SSSR count). The minimum absolute atomic E-state index is 0.0774. The number of likely N-dealkylation sites (tertiary alicyclic amines) is 1. The van der Waals surface area contributed by atoms with Crippen molar-refractivity contribution in [3.63, 3.8) is 0 Å². The van der Waals surface area contributed by atoms with E-state index in [1.54, 1.807) is 6.07 Å². The van der Waals surface area contributed by atoms with Crippen molar-refractivity contribution >= 4 is 10.9 Å². The molecule has 0 bridgehead atoms. The molecule has 3 heterocycles. The zero-order chi connectivity index (χ0) is 16.8. The van der Waals surface area contributed by atoms with Gasteiger partial charge in [0.2, 0.25) is 11.8 Å². The van der Waals surface area contributed by atoms with Crippen LogP contribution >= 0.6 is 0 Å². The molecule has 7 heteroatoms. The van der Waals surface area contributed by atoms with Crippen molar-refractivity contribution in [1.29, 1.82) is 0 Å². The van der Waals surface area contributed by atoms with Crippen LogP contribution in [0.1, 0.15) is 55.2 Å². The van der Waals surface area contributed by atoms with Crippen LogP contribution < -0.4 is 5.56 Å². The molecule has 1 atom stereocenters. The first-order valence-corrected chi connectivity index (χ1v) is 8.83. The lowest BCUT2D eigenvalue weighted by atomic mass is 10.2. The van der Waals surface area contributed by atoms with Gasteiger partial charge >= 0.3 is 0 Å². The molecule has 1 saturated heterocycles. The minimum atomic E-state index is -0.0822. The molecule has 0 amide bonds. The fourth-order valence-electron chi connectivity index (χ4n) is 3.59. The summed E-state index contributed by atoms with van der Waals surface area (Å²) < 4.78 is 5.79. The third kappa shape index (κ3) is 2.74. The maximum absolute atomic E-state index is 12.4. The number of hydrogen-bond donors (Lipinski definition) is 1. The van der Waals surface area contributed by atoms with E-state index >= 15 is 0 Å². The summed E-state index contributed by atoms with van der Waals surface area (Å²) in [6.07, 6.45) is 4.32. The second-order valence-electron chi connectivity index (χ2n) is 6.91. The molecule has 2 aromatic heterocycles. The number of nitrogens with one attached hydrogen (secondary N) is 1. The number of H-pyrrole nitrogens is 1. The molecular formula is C18H19N5O2. The average Bonchev–Trinajstić information content (AvgIpc) is 3.19. The van der Waals surface area contributed by atoms with Crippen LogP contribution in [0.15, 0.2) is 33.5 Å². The van der Waals surface area contributed by atoms with Crippen molar-refractivity contribution in [3.05, 3.63) is 52.2 Å². The predicted molar refractivity (Wildman–Crippen MR) is 91.0 cm³/mol. The molecule has 2 aliphatic rings. The summed E-state index contributed by atoms with van der Waals surface area (Å²) in [4.78, 5) is 22.3. The van der Waals surface area contributed by atoms with E-state index in [4.69, 9.17) is 4.42 Å². The van der Waals surface area contributed by atoms with E-state index in [1.165, 1.54) is 0 Å². The summed E-state index contributed by atoms with van der Waals surface area (Å²) in [5.74, 6) is 2.61. The topological polar surface area (TPSA) is 87.9 Å². The molecule has 0 spiro atoms. The number of rotatable bonds is 4. The highest BCUT2D eigenvalue weighted by molar-refractivity contribution is 5.77. The lowest BCUT2D eigenvalue weighted by molar-refractivity contribution is 0.214. The summed E-state index contributed by atoms with van der Waals surface area (Å²) in [6.45, 7) is 1.53. The van der Waals surface area contributed by atoms with Gasteiger partial charge in [0, 0.05) is 5.92 Å². The van der Waals surface area contributed by atoms with Crippen LogP contribution in [0.2, 0.25) is 0 Å². The van der Waals surface area contributed by atoms with Crippen LogP contribution in [0.5, 0.6) is 0 Å². The van der Waals surface area contributed by atoms with Gasteiger partial charge in [-0.25, -0.2) is 4.98 Å². The second-order valence-corrected chi connectivity index (χ2v) is 6.91. The highest BCUT2D eigenvalue weighted by Gasteiger charge is 2.32. The van der Waals surface area contributed by atoms with E-state index in [0.717, 1.165) is 49.5 Å². The zero-order valence-electron chi connectivity index (χ0n) is 13.8. The molecule has 1 saturated carbocycles. The number of nitrogens with zero attached hydrogens (tertiary/aromatic N) is 4. The van der Waals surface area contributed by atoms with Crippen LogP contribution in [0.25, 0.3) is 10.9 Å². The number of aromatic amines is 1. The molecule has 1 unspecified atom stereocenters. The van der Waals surface area contributed by atoms with Gasteiger partial charge in [0.25, 0.3) is 5.56 Å². The summed E-state index contributed by atoms with van der Waals surface area (Å²) in [6, 6.07) is 7.52. The van der Waals surface area contributed by atoms with Crippen molar-refractivity contribution in [2.75, 3.05) is 6.54 Å². The van der Waals surface area contributed by atoms with Crippen LogP contribution in [-0.4, -0.2) is 31.6 Å². The zero-order valence-corrected chi connectivity index (χ0v) is 13.8. The van der Waals surface area contributed by atoms with Gasteiger partial charge in [-0.2, -0.15) is 0 Å². The molecule has 3 aromatic rings. The van der Waals surface area contributed by atoms with Gasteiger partial charge < -0.3 is 9.40 Å². The lowest BCUT2D eigenvalue weighted by Gasteiger charge is -2.22. The molecule has 1 N–H and O–H groups in total. The first-order valence-electron chi connectivity index (χ1n) is 8.83. The van der Waals surface area contributed by atoms with Gasteiger partial charge in [-0.3, -0.25) is 9.69 Å². The first kappa shape index (κ1) is 14.8. The van der Waals surface area contributed by atoms with Gasteiger partial charge in [0.15, 0.2) is 0 Å². The van der Waals surface area contributed by atoms with E-state index < -0.39 is 0 Å². The third-order valence-electron chi connectivity index (χ3n) is 5.06. The van der Waals surface area contributed by atoms with Crippen LogP contribution in [0.3, 0.4) is 0 Å². The van der Waals surface area contributed by atoms with Crippen molar-refractivity contribution in [3.8, 4) is 0 Å². The predicted octanol–water partition coefficient (Wildman–Crippen LogP) is 2.52. The van der Waals surface area contributed by atoms with Gasteiger partial charge in [-0.1, -0.05) is 12.1 Å². The quantitative estimate of drug-likeness (QED) is 0.787. The van der Waals surface area contributed by atoms with Gasteiger partial charge in [-0.15, -0.1) is 10.2 Å². The molecule has 25 heavy (non-hydrogen) atoms. The first-order chi connectivity index (χ1) is 12.3. The largest absolute Gasteiger partial charge is 0.424 e. The summed E-state index contributed by atoms with van der Waals surface area (Å²) in [5.41, 5.74) is 0.656. The normalized spacial score (nSPS) is 21.2. The molecule has 2 fully saturated rings. The summed E-state index contributed by atoms with van der Waals surface area (Å²) in [5, 5.41) is 8.97. The van der Waals surface area contributed by atoms with E-state index in [-0.39, 0.29) is 11.6 Å². The Labute approximate surface area is 144 Å². The van der Waals surface area contributed by atoms with Crippen molar-refractivity contribution in [1.82, 2.24) is 25.1 Å². The molecule has 1 aromatic carbocycles. The van der Waals surface area contributed by atoms with E-state index in [2.05, 4.69) is 25.1 Å². The van der Waals surface area contributed by atoms with Gasteiger partial charge in [0.05, 0.1) is 23.5 Å². The molecule has 7 nitrogen and oxygen atoms in total. The SMILES string of the molecule is O=c1[nH]c(C2CCCN2Cc2nnc(C3CC3)o2)nc2ccccc12. The Morgan fingerprint density at radius 1 is 1.20 bits per heavy atom. The monoisotopic (exact) mass is 337 g/mol. The Kier molecular flexibility index (Phi) is 3.41. The number of aromatic nitrogens is 4. The van der Waals surface area contributed by atoms with Crippen LogP contribution in [0, 0.1) is 0 Å². The average molecular weight is 337 g/mol.